The van der Waals surface area contributed by atoms with Gasteiger partial charge in [-0.25, -0.2) is 4.98 Å². The molecule has 0 atom stereocenters. The molecule has 0 unspecified atom stereocenters. The minimum Gasteiger partial charge on any atom is -0.383 e. The number of nitrogens with two attached hydrogens (primary N) is 1. The van der Waals surface area contributed by atoms with Crippen molar-refractivity contribution in [3.63, 3.8) is 0 Å². The van der Waals surface area contributed by atoms with Crippen LogP contribution in [0.1, 0.15) is 24.9 Å². The number of hydrogen-bond acceptors (Lipinski definition) is 3. The van der Waals surface area contributed by atoms with Crippen LogP contribution in [0.15, 0.2) is 6.20 Å². The molecule has 0 aliphatic heterocycles. The third-order valence-corrected chi connectivity index (χ3v) is 3.20. The van der Waals surface area contributed by atoms with Crippen molar-refractivity contribution in [2.75, 3.05) is 5.73 Å². The Hall–Kier alpha value is -1.78. The van der Waals surface area contributed by atoms with E-state index in [-0.39, 0.29) is 0 Å². The second-order valence-corrected chi connectivity index (χ2v) is 4.34. The highest BCUT2D eigenvalue weighted by Gasteiger charge is 2.16. The zero-order chi connectivity index (χ0) is 12.6. The summed E-state index contributed by atoms with van der Waals surface area (Å²) in [5, 5.41) is 4.23. The van der Waals surface area contributed by atoms with Crippen molar-refractivity contribution < 1.29 is 0 Å². The van der Waals surface area contributed by atoms with Gasteiger partial charge in [0.2, 0.25) is 0 Å². The fraction of sp³-hybridized carbons (Fsp3) is 0.500. The molecule has 5 nitrogen and oxygen atoms in total. The molecule has 2 rings (SSSR count). The first-order chi connectivity index (χ1) is 8.06. The highest BCUT2D eigenvalue weighted by atomic mass is 15.3. The summed E-state index contributed by atoms with van der Waals surface area (Å²) in [6.07, 6.45) is 3.83. The molecule has 5 heteroatoms. The van der Waals surface area contributed by atoms with Crippen LogP contribution < -0.4 is 5.73 Å². The average Bonchev–Trinajstić information content (AvgIpc) is 2.76. The van der Waals surface area contributed by atoms with Gasteiger partial charge in [-0.15, -0.1) is 0 Å². The van der Waals surface area contributed by atoms with Crippen molar-refractivity contribution in [2.24, 2.45) is 14.1 Å². The fourth-order valence-corrected chi connectivity index (χ4v) is 1.94. The van der Waals surface area contributed by atoms with E-state index in [1.165, 1.54) is 0 Å². The zero-order valence-corrected chi connectivity index (χ0v) is 10.9. The number of aromatic nitrogens is 4. The van der Waals surface area contributed by atoms with E-state index < -0.39 is 0 Å². The van der Waals surface area contributed by atoms with Gasteiger partial charge in [0, 0.05) is 31.8 Å². The van der Waals surface area contributed by atoms with Crippen LogP contribution in [0.3, 0.4) is 0 Å². The summed E-state index contributed by atoms with van der Waals surface area (Å²) >= 11 is 0. The lowest BCUT2D eigenvalue weighted by Crippen LogP contribution is -2.01. The Balaban J connectivity index is 2.53. The second-order valence-electron chi connectivity index (χ2n) is 4.34. The van der Waals surface area contributed by atoms with Crippen LogP contribution in [-0.2, 0) is 20.5 Å². The molecule has 0 amide bonds. The van der Waals surface area contributed by atoms with Gasteiger partial charge in [0.05, 0.1) is 6.20 Å². The number of nitrogen functional groups attached to an aromatic ring is 1. The largest absolute Gasteiger partial charge is 0.383 e. The predicted molar refractivity (Wildman–Crippen MR) is 68.6 cm³/mol. The van der Waals surface area contributed by atoms with Gasteiger partial charge in [0.25, 0.3) is 0 Å². The van der Waals surface area contributed by atoms with Gasteiger partial charge in [-0.2, -0.15) is 5.10 Å². The van der Waals surface area contributed by atoms with E-state index in [0.717, 1.165) is 35.6 Å². The van der Waals surface area contributed by atoms with Gasteiger partial charge in [0.15, 0.2) is 0 Å². The average molecular weight is 233 g/mol. The third kappa shape index (κ3) is 1.81. The van der Waals surface area contributed by atoms with Gasteiger partial charge >= 0.3 is 0 Å². The van der Waals surface area contributed by atoms with Crippen LogP contribution in [0.5, 0.6) is 0 Å². The van der Waals surface area contributed by atoms with Gasteiger partial charge in [-0.3, -0.25) is 4.68 Å². The van der Waals surface area contributed by atoms with Crippen LogP contribution in [0, 0.1) is 6.92 Å². The normalized spacial score (nSPS) is 11.1. The van der Waals surface area contributed by atoms with Crippen molar-refractivity contribution in [3.05, 3.63) is 17.7 Å². The Labute approximate surface area is 101 Å². The Morgan fingerprint density at radius 1 is 1.35 bits per heavy atom. The van der Waals surface area contributed by atoms with Gasteiger partial charge in [-0.1, -0.05) is 6.92 Å². The summed E-state index contributed by atoms with van der Waals surface area (Å²) in [7, 11) is 3.88. The maximum absolute atomic E-state index is 6.11. The van der Waals surface area contributed by atoms with Gasteiger partial charge in [-0.05, 0) is 13.3 Å². The third-order valence-electron chi connectivity index (χ3n) is 3.20. The van der Waals surface area contributed by atoms with Crippen molar-refractivity contribution >= 4 is 5.82 Å². The molecular formula is C12H19N5. The van der Waals surface area contributed by atoms with E-state index >= 15 is 0 Å². The minimum atomic E-state index is 0.713. The van der Waals surface area contributed by atoms with E-state index in [1.807, 2.05) is 36.5 Å². The SMILES string of the molecule is CCCc1nc(-c2cnn(C)c2C)c(N)n1C. The number of aryl methyl sites for hydroxylation is 2. The van der Waals surface area contributed by atoms with Crippen molar-refractivity contribution in [3.8, 4) is 11.3 Å². The molecule has 2 aromatic heterocycles. The van der Waals surface area contributed by atoms with Crippen molar-refractivity contribution in [2.45, 2.75) is 26.7 Å². The summed E-state index contributed by atoms with van der Waals surface area (Å²) < 4.78 is 3.80. The minimum absolute atomic E-state index is 0.713. The molecule has 0 aliphatic carbocycles. The van der Waals surface area contributed by atoms with E-state index in [9.17, 15) is 0 Å². The highest BCUT2D eigenvalue weighted by molar-refractivity contribution is 5.72. The van der Waals surface area contributed by atoms with Crippen LogP contribution >= 0.6 is 0 Å². The molecular weight excluding hydrogens is 214 g/mol. The molecule has 0 radical (unpaired) electrons. The Kier molecular flexibility index (Phi) is 2.92. The summed E-state index contributed by atoms with van der Waals surface area (Å²) in [5.41, 5.74) is 9.05. The molecule has 0 bridgehead atoms. The van der Waals surface area contributed by atoms with Gasteiger partial charge < -0.3 is 10.3 Å². The monoisotopic (exact) mass is 233 g/mol. The quantitative estimate of drug-likeness (QED) is 0.877. The zero-order valence-electron chi connectivity index (χ0n) is 10.9. The lowest BCUT2D eigenvalue weighted by atomic mass is 10.2. The van der Waals surface area contributed by atoms with E-state index in [4.69, 9.17) is 5.73 Å². The standard InChI is InChI=1S/C12H19N5/c1-5-6-10-15-11(12(13)16(10)3)9-7-14-17(4)8(9)2/h7H,5-6,13H2,1-4H3. The van der Waals surface area contributed by atoms with Crippen LogP contribution in [-0.4, -0.2) is 19.3 Å². The fourth-order valence-electron chi connectivity index (χ4n) is 1.94. The summed E-state index contributed by atoms with van der Waals surface area (Å²) in [5.74, 6) is 1.74. The van der Waals surface area contributed by atoms with Gasteiger partial charge in [0.1, 0.15) is 17.3 Å². The van der Waals surface area contributed by atoms with Crippen LogP contribution in [0.2, 0.25) is 0 Å². The molecule has 0 saturated carbocycles. The molecule has 2 N–H and O–H groups in total. The molecule has 0 aromatic carbocycles. The molecule has 0 saturated heterocycles. The lowest BCUT2D eigenvalue weighted by Gasteiger charge is -2.00. The van der Waals surface area contributed by atoms with Crippen molar-refractivity contribution in [1.29, 1.82) is 0 Å². The van der Waals surface area contributed by atoms with Crippen LogP contribution in [0.4, 0.5) is 5.82 Å². The van der Waals surface area contributed by atoms with Crippen molar-refractivity contribution in [1.82, 2.24) is 19.3 Å². The predicted octanol–water partition coefficient (Wildman–Crippen LogP) is 1.66. The number of imidazole rings is 1. The maximum atomic E-state index is 6.11. The first kappa shape index (κ1) is 11.7. The number of nitrogens with zero attached hydrogens (tertiary/aromatic N) is 4. The molecule has 2 aromatic rings. The molecule has 92 valence electrons. The number of rotatable bonds is 3. The Morgan fingerprint density at radius 2 is 2.06 bits per heavy atom. The topological polar surface area (TPSA) is 61.7 Å². The number of hydrogen-bond donors (Lipinski definition) is 1. The molecule has 2 heterocycles. The van der Waals surface area contributed by atoms with Crippen LogP contribution in [0.25, 0.3) is 11.3 Å². The highest BCUT2D eigenvalue weighted by Crippen LogP contribution is 2.28. The smallest absolute Gasteiger partial charge is 0.131 e. The van der Waals surface area contributed by atoms with E-state index in [1.54, 1.807) is 0 Å². The maximum Gasteiger partial charge on any atom is 0.131 e. The second kappa shape index (κ2) is 4.24. The molecule has 0 aliphatic rings. The lowest BCUT2D eigenvalue weighted by molar-refractivity contribution is 0.740. The first-order valence-electron chi connectivity index (χ1n) is 5.86. The summed E-state index contributed by atoms with van der Waals surface area (Å²) in [4.78, 5) is 4.63. The Morgan fingerprint density at radius 3 is 2.59 bits per heavy atom. The summed E-state index contributed by atoms with van der Waals surface area (Å²) in [6, 6.07) is 0. The molecule has 17 heavy (non-hydrogen) atoms. The molecule has 0 fully saturated rings. The number of anilines is 1. The first-order valence-corrected chi connectivity index (χ1v) is 5.86. The Bertz CT molecular complexity index is 535. The van der Waals surface area contributed by atoms with E-state index in [0.29, 0.717) is 5.82 Å². The summed E-state index contributed by atoms with van der Waals surface area (Å²) in [6.45, 7) is 4.16. The van der Waals surface area contributed by atoms with E-state index in [2.05, 4.69) is 17.0 Å². The molecule has 0 spiro atoms.